The van der Waals surface area contributed by atoms with E-state index in [1.165, 1.54) is 5.56 Å². The molecule has 2 N–H and O–H groups in total. The van der Waals surface area contributed by atoms with Crippen LogP contribution in [-0.4, -0.2) is 10.2 Å². The van der Waals surface area contributed by atoms with Crippen LogP contribution in [-0.2, 0) is 18.4 Å². The summed E-state index contributed by atoms with van der Waals surface area (Å²) in [6.45, 7) is 9.06. The molecule has 1 heterocycles. The van der Waals surface area contributed by atoms with E-state index in [1.54, 1.807) is 6.20 Å². The maximum atomic E-state index is 6.00. The van der Waals surface area contributed by atoms with Crippen LogP contribution >= 0.6 is 0 Å². The molecule has 0 aliphatic carbocycles. The van der Waals surface area contributed by atoms with Gasteiger partial charge >= 0.3 is 0 Å². The minimum absolute atomic E-state index is 0.00833. The van der Waals surface area contributed by atoms with E-state index >= 15 is 0 Å². The number of aryl methyl sites for hydroxylation is 1. The highest BCUT2D eigenvalue weighted by molar-refractivity contribution is 5.44. The normalized spacial score (nSPS) is 11.5. The highest BCUT2D eigenvalue weighted by atomic mass is 16.5. The average Bonchev–Trinajstić information content (AvgIpc) is 2.47. The highest BCUT2D eigenvalue weighted by Gasteiger charge is 2.20. The average molecular weight is 285 g/mol. The molecular formula is C17H23N3O. The van der Waals surface area contributed by atoms with Gasteiger partial charge in [-0.1, -0.05) is 39.8 Å². The molecule has 112 valence electrons. The van der Waals surface area contributed by atoms with Gasteiger partial charge in [0.2, 0.25) is 5.88 Å². The maximum absolute atomic E-state index is 6.00. The Bertz CT molecular complexity index is 618. The van der Waals surface area contributed by atoms with Gasteiger partial charge in [0.25, 0.3) is 0 Å². The van der Waals surface area contributed by atoms with Gasteiger partial charge in [-0.3, -0.25) is 0 Å². The van der Waals surface area contributed by atoms with Gasteiger partial charge < -0.3 is 10.5 Å². The van der Waals surface area contributed by atoms with Crippen LogP contribution in [0.15, 0.2) is 30.5 Å². The highest BCUT2D eigenvalue weighted by Crippen LogP contribution is 2.35. The quantitative estimate of drug-likeness (QED) is 0.932. The predicted octanol–water partition coefficient (Wildman–Crippen LogP) is 3.59. The number of nitrogens with zero attached hydrogens (tertiary/aromatic N) is 2. The Morgan fingerprint density at radius 1 is 1.19 bits per heavy atom. The Kier molecular flexibility index (Phi) is 4.58. The maximum Gasteiger partial charge on any atom is 0.243 e. The molecule has 4 heteroatoms. The van der Waals surface area contributed by atoms with E-state index in [0.717, 1.165) is 23.3 Å². The van der Waals surface area contributed by atoms with Gasteiger partial charge in [0.15, 0.2) is 0 Å². The fourth-order valence-corrected chi connectivity index (χ4v) is 2.16. The van der Waals surface area contributed by atoms with Gasteiger partial charge in [-0.15, -0.1) is 5.10 Å². The van der Waals surface area contributed by atoms with Crippen molar-refractivity contribution in [1.82, 2.24) is 10.2 Å². The molecule has 0 unspecified atom stereocenters. The standard InChI is InChI=1S/C17H23N3O/c1-5-12-6-7-15(14(10-12)17(2,3)4)21-16-13(11-18)8-9-19-20-16/h6-10H,5,11,18H2,1-4H3. The first-order valence-corrected chi connectivity index (χ1v) is 7.27. The fraction of sp³-hybridized carbons (Fsp3) is 0.412. The van der Waals surface area contributed by atoms with Gasteiger partial charge in [0, 0.05) is 17.7 Å². The van der Waals surface area contributed by atoms with Gasteiger partial charge in [-0.2, -0.15) is 5.10 Å². The molecule has 0 spiro atoms. The zero-order valence-corrected chi connectivity index (χ0v) is 13.2. The largest absolute Gasteiger partial charge is 0.437 e. The van der Waals surface area contributed by atoms with E-state index in [1.807, 2.05) is 12.1 Å². The molecule has 0 aliphatic heterocycles. The second-order valence-electron chi connectivity index (χ2n) is 6.10. The third-order valence-corrected chi connectivity index (χ3v) is 3.45. The Morgan fingerprint density at radius 3 is 2.57 bits per heavy atom. The summed E-state index contributed by atoms with van der Waals surface area (Å²) in [4.78, 5) is 0. The number of ether oxygens (including phenoxy) is 1. The summed E-state index contributed by atoms with van der Waals surface area (Å²) in [6, 6.07) is 8.13. The molecule has 21 heavy (non-hydrogen) atoms. The van der Waals surface area contributed by atoms with Crippen molar-refractivity contribution in [3.8, 4) is 11.6 Å². The lowest BCUT2D eigenvalue weighted by atomic mass is 9.85. The van der Waals surface area contributed by atoms with Crippen LogP contribution in [0, 0.1) is 0 Å². The summed E-state index contributed by atoms with van der Waals surface area (Å²) in [7, 11) is 0. The van der Waals surface area contributed by atoms with E-state index < -0.39 is 0 Å². The summed E-state index contributed by atoms with van der Waals surface area (Å²) in [5, 5.41) is 7.94. The van der Waals surface area contributed by atoms with Crippen LogP contribution in [0.25, 0.3) is 0 Å². The Balaban J connectivity index is 2.44. The molecule has 1 aromatic carbocycles. The summed E-state index contributed by atoms with van der Waals surface area (Å²) >= 11 is 0. The lowest BCUT2D eigenvalue weighted by Crippen LogP contribution is -2.13. The van der Waals surface area contributed by atoms with Gasteiger partial charge in [0.1, 0.15) is 5.75 Å². The molecular weight excluding hydrogens is 262 g/mol. The third-order valence-electron chi connectivity index (χ3n) is 3.45. The molecule has 0 saturated carbocycles. The number of aromatic nitrogens is 2. The summed E-state index contributed by atoms with van der Waals surface area (Å²) in [5.41, 5.74) is 9.03. The molecule has 4 nitrogen and oxygen atoms in total. The molecule has 0 aliphatic rings. The smallest absolute Gasteiger partial charge is 0.243 e. The molecule has 0 amide bonds. The first kappa shape index (κ1) is 15.4. The van der Waals surface area contributed by atoms with E-state index in [0.29, 0.717) is 12.4 Å². The number of benzene rings is 1. The first-order chi connectivity index (χ1) is 9.95. The van der Waals surface area contributed by atoms with E-state index in [4.69, 9.17) is 10.5 Å². The topological polar surface area (TPSA) is 61.0 Å². The van der Waals surface area contributed by atoms with Crippen molar-refractivity contribution in [2.75, 3.05) is 0 Å². The second kappa shape index (κ2) is 6.22. The van der Waals surface area contributed by atoms with Crippen molar-refractivity contribution in [1.29, 1.82) is 0 Å². The molecule has 0 bridgehead atoms. The van der Waals surface area contributed by atoms with Crippen molar-refractivity contribution < 1.29 is 4.74 Å². The molecule has 0 fully saturated rings. The van der Waals surface area contributed by atoms with Crippen molar-refractivity contribution in [2.45, 2.75) is 46.1 Å². The van der Waals surface area contributed by atoms with Gasteiger partial charge in [-0.05, 0) is 29.5 Å². The van der Waals surface area contributed by atoms with Crippen molar-refractivity contribution in [3.05, 3.63) is 47.2 Å². The number of rotatable bonds is 4. The molecule has 0 saturated heterocycles. The minimum Gasteiger partial charge on any atom is -0.437 e. The van der Waals surface area contributed by atoms with Crippen LogP contribution in [0.2, 0.25) is 0 Å². The monoisotopic (exact) mass is 285 g/mol. The fourth-order valence-electron chi connectivity index (χ4n) is 2.16. The van der Waals surface area contributed by atoms with Crippen LogP contribution in [0.3, 0.4) is 0 Å². The molecule has 2 rings (SSSR count). The molecule has 1 aromatic heterocycles. The Morgan fingerprint density at radius 2 is 1.95 bits per heavy atom. The van der Waals surface area contributed by atoms with E-state index in [9.17, 15) is 0 Å². The zero-order chi connectivity index (χ0) is 15.5. The van der Waals surface area contributed by atoms with Crippen LogP contribution < -0.4 is 10.5 Å². The van der Waals surface area contributed by atoms with Crippen molar-refractivity contribution in [3.63, 3.8) is 0 Å². The van der Waals surface area contributed by atoms with Crippen molar-refractivity contribution >= 4 is 0 Å². The lowest BCUT2D eigenvalue weighted by Gasteiger charge is -2.23. The van der Waals surface area contributed by atoms with Crippen molar-refractivity contribution in [2.24, 2.45) is 5.73 Å². The summed E-state index contributed by atoms with van der Waals surface area (Å²) < 4.78 is 6.00. The minimum atomic E-state index is -0.00833. The number of hydrogen-bond acceptors (Lipinski definition) is 4. The Hall–Kier alpha value is -1.94. The van der Waals surface area contributed by atoms with E-state index in [-0.39, 0.29) is 5.41 Å². The Labute approximate surface area is 126 Å². The number of nitrogens with two attached hydrogens (primary N) is 1. The SMILES string of the molecule is CCc1ccc(Oc2nnccc2CN)c(C(C)(C)C)c1. The molecule has 0 radical (unpaired) electrons. The van der Waals surface area contributed by atoms with Gasteiger partial charge in [0.05, 0.1) is 6.20 Å². The zero-order valence-electron chi connectivity index (χ0n) is 13.2. The van der Waals surface area contributed by atoms with Gasteiger partial charge in [-0.25, -0.2) is 0 Å². The van der Waals surface area contributed by atoms with Crippen LogP contribution in [0.4, 0.5) is 0 Å². The van der Waals surface area contributed by atoms with E-state index in [2.05, 4.69) is 50.0 Å². The molecule has 2 aromatic rings. The first-order valence-electron chi connectivity index (χ1n) is 7.27. The summed E-state index contributed by atoms with van der Waals surface area (Å²) in [5.74, 6) is 1.30. The predicted molar refractivity (Wildman–Crippen MR) is 84.5 cm³/mol. The third kappa shape index (κ3) is 3.58. The van der Waals surface area contributed by atoms with Crippen LogP contribution in [0.1, 0.15) is 44.4 Å². The second-order valence-corrected chi connectivity index (χ2v) is 6.10. The lowest BCUT2D eigenvalue weighted by molar-refractivity contribution is 0.428. The summed E-state index contributed by atoms with van der Waals surface area (Å²) in [6.07, 6.45) is 2.63. The van der Waals surface area contributed by atoms with Crippen LogP contribution in [0.5, 0.6) is 11.6 Å². The number of hydrogen-bond donors (Lipinski definition) is 1. The molecule has 0 atom stereocenters.